The molecule has 0 saturated carbocycles. The van der Waals surface area contributed by atoms with E-state index < -0.39 is 0 Å². The molecule has 0 radical (unpaired) electrons. The average molecular weight is 240 g/mol. The fraction of sp³-hybridized carbons (Fsp3) is 0.0714. The predicted octanol–water partition coefficient (Wildman–Crippen LogP) is 1.57. The summed E-state index contributed by atoms with van der Waals surface area (Å²) in [4.78, 5) is 10.5. The molecule has 18 heavy (non-hydrogen) atoms. The van der Waals surface area contributed by atoms with Crippen molar-refractivity contribution < 1.29 is 5.41 Å². The molecule has 0 fully saturated rings. The van der Waals surface area contributed by atoms with Gasteiger partial charge in [-0.25, -0.2) is 0 Å². The van der Waals surface area contributed by atoms with E-state index in [0.717, 1.165) is 11.1 Å². The van der Waals surface area contributed by atoms with Crippen molar-refractivity contribution >= 4 is 17.1 Å². The molecular weight excluding hydrogens is 226 g/mol. The zero-order chi connectivity index (χ0) is 13.1. The summed E-state index contributed by atoms with van der Waals surface area (Å²) in [6.07, 6.45) is 0. The van der Waals surface area contributed by atoms with E-state index in [4.69, 9.17) is 11.1 Å². The van der Waals surface area contributed by atoms with Gasteiger partial charge in [0.05, 0.1) is 5.56 Å². The summed E-state index contributed by atoms with van der Waals surface area (Å²) in [5, 5.41) is 8.99. The quantitative estimate of drug-likeness (QED) is 0.485. The Balaban J connectivity index is 2.48. The minimum atomic E-state index is 0.315. The Morgan fingerprint density at radius 2 is 2.00 bits per heavy atom. The van der Waals surface area contributed by atoms with Crippen LogP contribution in [0.2, 0.25) is 0 Å². The van der Waals surface area contributed by atoms with E-state index in [9.17, 15) is 4.91 Å². The molecule has 2 aromatic rings. The van der Waals surface area contributed by atoms with Crippen molar-refractivity contribution in [1.29, 1.82) is 0 Å². The van der Waals surface area contributed by atoms with Gasteiger partial charge in [-0.1, -0.05) is 17.7 Å². The predicted molar refractivity (Wildman–Crippen MR) is 72.6 cm³/mol. The van der Waals surface area contributed by atoms with Gasteiger partial charge in [-0.05, 0) is 42.4 Å². The van der Waals surface area contributed by atoms with E-state index in [-0.39, 0.29) is 0 Å². The van der Waals surface area contributed by atoms with E-state index in [1.165, 1.54) is 0 Å². The summed E-state index contributed by atoms with van der Waals surface area (Å²) < 4.78 is 0. The van der Waals surface area contributed by atoms with E-state index in [2.05, 4.69) is 5.18 Å². The standard InChI is InChI=1S/C14H13N3O/c1-9-3-2-4-10(7-9)14(16)12-8-11(17-18)5-6-13(12)15/h2-8,16H,15H2,1H3/p+1. The third-order valence-corrected chi connectivity index (χ3v) is 2.76. The number of nitrogen functional groups attached to an aromatic ring is 1. The SMILES string of the molecule is Cc1cccc(C(=[NH2+])c2cc(N=O)ccc2N)c1. The monoisotopic (exact) mass is 240 g/mol. The molecule has 0 aliphatic rings. The number of benzene rings is 2. The molecule has 0 aliphatic heterocycles. The molecule has 0 heterocycles. The first-order valence-electron chi connectivity index (χ1n) is 5.54. The summed E-state index contributed by atoms with van der Waals surface area (Å²) in [6.45, 7) is 1.99. The number of anilines is 1. The van der Waals surface area contributed by atoms with Gasteiger partial charge in [-0.15, -0.1) is 4.91 Å². The summed E-state index contributed by atoms with van der Waals surface area (Å²) in [5.74, 6) is 0. The summed E-state index contributed by atoms with van der Waals surface area (Å²) in [5.41, 5.74) is 9.89. The first-order valence-corrected chi connectivity index (χ1v) is 5.54. The topological polar surface area (TPSA) is 81.0 Å². The number of nitrogens with two attached hydrogens (primary N) is 2. The zero-order valence-corrected chi connectivity index (χ0v) is 10.1. The Morgan fingerprint density at radius 1 is 1.22 bits per heavy atom. The maximum absolute atomic E-state index is 10.5. The van der Waals surface area contributed by atoms with Crippen molar-refractivity contribution in [1.82, 2.24) is 0 Å². The second-order valence-electron chi connectivity index (χ2n) is 4.15. The Bertz CT molecular complexity index is 620. The highest BCUT2D eigenvalue weighted by Gasteiger charge is 2.14. The maximum atomic E-state index is 10.5. The molecule has 4 N–H and O–H groups in total. The summed E-state index contributed by atoms with van der Waals surface area (Å²) in [7, 11) is 0. The van der Waals surface area contributed by atoms with E-state index in [1.54, 1.807) is 18.2 Å². The van der Waals surface area contributed by atoms with E-state index in [0.29, 0.717) is 22.6 Å². The molecule has 0 spiro atoms. The molecule has 2 rings (SSSR count). The van der Waals surface area contributed by atoms with Crippen molar-refractivity contribution in [3.8, 4) is 0 Å². The molecule has 90 valence electrons. The highest BCUT2D eigenvalue weighted by Crippen LogP contribution is 2.22. The van der Waals surface area contributed by atoms with Crippen molar-refractivity contribution in [2.75, 3.05) is 5.73 Å². The van der Waals surface area contributed by atoms with E-state index >= 15 is 0 Å². The lowest BCUT2D eigenvalue weighted by Crippen LogP contribution is -2.41. The lowest BCUT2D eigenvalue weighted by molar-refractivity contribution is -0.111. The van der Waals surface area contributed by atoms with Crippen molar-refractivity contribution in [3.63, 3.8) is 0 Å². The molecule has 0 saturated heterocycles. The van der Waals surface area contributed by atoms with Crippen molar-refractivity contribution in [3.05, 3.63) is 64.1 Å². The highest BCUT2D eigenvalue weighted by atomic mass is 16.3. The summed E-state index contributed by atoms with van der Waals surface area (Å²) >= 11 is 0. The zero-order valence-electron chi connectivity index (χ0n) is 10.1. The van der Waals surface area contributed by atoms with Crippen LogP contribution in [0.5, 0.6) is 0 Å². The van der Waals surface area contributed by atoms with Crippen molar-refractivity contribution in [2.24, 2.45) is 5.18 Å². The van der Waals surface area contributed by atoms with Crippen LogP contribution < -0.4 is 11.1 Å². The van der Waals surface area contributed by atoms with Crippen LogP contribution in [0.1, 0.15) is 16.7 Å². The number of nitrogens with zero attached hydrogens (tertiary/aromatic N) is 1. The van der Waals surface area contributed by atoms with Crippen LogP contribution in [0, 0.1) is 11.8 Å². The highest BCUT2D eigenvalue weighted by molar-refractivity contribution is 6.12. The molecule has 0 aliphatic carbocycles. The van der Waals surface area contributed by atoms with Gasteiger partial charge in [0.15, 0.2) is 0 Å². The Hall–Kier alpha value is -2.49. The molecule has 0 unspecified atom stereocenters. The first kappa shape index (κ1) is 12.0. The largest absolute Gasteiger partial charge is 0.398 e. The average Bonchev–Trinajstić information content (AvgIpc) is 2.38. The van der Waals surface area contributed by atoms with Gasteiger partial charge in [-0.3, -0.25) is 5.41 Å². The number of hydrogen-bond acceptors (Lipinski definition) is 3. The molecule has 0 aromatic heterocycles. The van der Waals surface area contributed by atoms with Gasteiger partial charge in [-0.2, -0.15) is 0 Å². The minimum Gasteiger partial charge on any atom is -0.398 e. The van der Waals surface area contributed by atoms with Crippen LogP contribution in [0.4, 0.5) is 11.4 Å². The smallest absolute Gasteiger partial charge is 0.213 e. The van der Waals surface area contributed by atoms with Crippen molar-refractivity contribution in [2.45, 2.75) is 6.92 Å². The molecule has 0 atom stereocenters. The molecular formula is C14H14N3O+. The van der Waals surface area contributed by atoms with Crippen LogP contribution >= 0.6 is 0 Å². The lowest BCUT2D eigenvalue weighted by atomic mass is 9.99. The van der Waals surface area contributed by atoms with Gasteiger partial charge < -0.3 is 5.73 Å². The Morgan fingerprint density at radius 3 is 2.67 bits per heavy atom. The van der Waals surface area contributed by atoms with Crippen LogP contribution in [-0.2, 0) is 0 Å². The van der Waals surface area contributed by atoms with Crippen LogP contribution in [0.15, 0.2) is 47.6 Å². The Labute approximate surface area is 105 Å². The molecule has 0 bridgehead atoms. The third kappa shape index (κ3) is 2.27. The number of aryl methyl sites for hydroxylation is 1. The number of nitroso groups, excluding NO2 is 1. The molecule has 0 amide bonds. The maximum Gasteiger partial charge on any atom is 0.213 e. The van der Waals surface area contributed by atoms with Gasteiger partial charge in [0.2, 0.25) is 5.71 Å². The first-order chi connectivity index (χ1) is 8.61. The number of rotatable bonds is 3. The molecule has 4 heteroatoms. The van der Waals surface area contributed by atoms with Crippen LogP contribution in [0.25, 0.3) is 0 Å². The fourth-order valence-corrected chi connectivity index (χ4v) is 1.80. The van der Waals surface area contributed by atoms with Gasteiger partial charge in [0.1, 0.15) is 5.69 Å². The molecule has 2 aromatic carbocycles. The minimum absolute atomic E-state index is 0.315. The van der Waals surface area contributed by atoms with Crippen LogP contribution in [-0.4, -0.2) is 5.71 Å². The fourth-order valence-electron chi connectivity index (χ4n) is 1.80. The number of hydrogen-bond donors (Lipinski definition) is 2. The normalized spacial score (nSPS) is 10.1. The Kier molecular flexibility index (Phi) is 3.19. The third-order valence-electron chi connectivity index (χ3n) is 2.76. The van der Waals surface area contributed by atoms with Gasteiger partial charge in [0, 0.05) is 11.3 Å². The van der Waals surface area contributed by atoms with Gasteiger partial charge in [0.25, 0.3) is 0 Å². The van der Waals surface area contributed by atoms with Gasteiger partial charge >= 0.3 is 0 Å². The second-order valence-corrected chi connectivity index (χ2v) is 4.15. The lowest BCUT2D eigenvalue weighted by Gasteiger charge is -2.04. The van der Waals surface area contributed by atoms with E-state index in [1.807, 2.05) is 31.2 Å². The molecule has 4 nitrogen and oxygen atoms in total. The van der Waals surface area contributed by atoms with Crippen LogP contribution in [0.3, 0.4) is 0 Å². The summed E-state index contributed by atoms with van der Waals surface area (Å²) in [6, 6.07) is 12.6. The second kappa shape index (κ2) is 4.79.